The Bertz CT molecular complexity index is 788. The van der Waals surface area contributed by atoms with Gasteiger partial charge in [-0.3, -0.25) is 9.59 Å². The third-order valence-corrected chi connectivity index (χ3v) is 5.72. The molecule has 1 heterocycles. The number of nitrogens with one attached hydrogen (secondary N) is 1. The number of rotatable bonds is 10. The molecule has 0 radical (unpaired) electrons. The molecule has 2 unspecified atom stereocenters. The molecular weight excluding hydrogens is 412 g/mol. The molecule has 32 heavy (non-hydrogen) atoms. The summed E-state index contributed by atoms with van der Waals surface area (Å²) in [4.78, 5) is 27.6. The summed E-state index contributed by atoms with van der Waals surface area (Å²) in [5.74, 6) is 0.516. The lowest BCUT2D eigenvalue weighted by atomic mass is 9.89. The number of nitrogens with zero attached hydrogens (tertiary/aromatic N) is 1. The number of benzene rings is 1. The summed E-state index contributed by atoms with van der Waals surface area (Å²) in [6, 6.07) is 7.31. The van der Waals surface area contributed by atoms with E-state index in [0.717, 1.165) is 37.0 Å². The maximum Gasteiger partial charge on any atom is 0.289 e. The van der Waals surface area contributed by atoms with Gasteiger partial charge >= 0.3 is 0 Å². The van der Waals surface area contributed by atoms with Gasteiger partial charge in [0.2, 0.25) is 5.91 Å². The SMILES string of the molecule is CCOC(CNC(=O)CN1C(=O)/C(=C\c2ccc(OC)cc2)OC2CCCCC21)OCC. The van der Waals surface area contributed by atoms with Gasteiger partial charge < -0.3 is 29.2 Å². The Kier molecular flexibility index (Phi) is 8.93. The molecule has 176 valence electrons. The van der Waals surface area contributed by atoms with Crippen molar-refractivity contribution in [2.75, 3.05) is 33.4 Å². The zero-order chi connectivity index (χ0) is 22.9. The Labute approximate surface area is 189 Å². The lowest BCUT2D eigenvalue weighted by Gasteiger charge is -2.44. The van der Waals surface area contributed by atoms with Crippen LogP contribution in [0.4, 0.5) is 0 Å². The van der Waals surface area contributed by atoms with Crippen LogP contribution >= 0.6 is 0 Å². The minimum atomic E-state index is -0.498. The zero-order valence-electron chi connectivity index (χ0n) is 19.2. The van der Waals surface area contributed by atoms with Crippen LogP contribution in [0.25, 0.3) is 6.08 Å². The van der Waals surface area contributed by atoms with E-state index in [1.54, 1.807) is 18.1 Å². The number of morpholine rings is 1. The van der Waals surface area contributed by atoms with Crippen molar-refractivity contribution in [3.63, 3.8) is 0 Å². The van der Waals surface area contributed by atoms with Gasteiger partial charge in [0, 0.05) is 13.2 Å². The molecule has 2 aliphatic rings. The zero-order valence-corrected chi connectivity index (χ0v) is 19.2. The van der Waals surface area contributed by atoms with Crippen LogP contribution in [0, 0.1) is 0 Å². The van der Waals surface area contributed by atoms with Gasteiger partial charge in [-0.15, -0.1) is 0 Å². The first-order valence-electron chi connectivity index (χ1n) is 11.4. The Balaban J connectivity index is 1.71. The van der Waals surface area contributed by atoms with E-state index in [-0.39, 0.29) is 42.8 Å². The molecule has 1 saturated carbocycles. The van der Waals surface area contributed by atoms with Crippen molar-refractivity contribution in [3.8, 4) is 5.75 Å². The summed E-state index contributed by atoms with van der Waals surface area (Å²) in [5.41, 5.74) is 0.837. The fourth-order valence-corrected chi connectivity index (χ4v) is 4.16. The van der Waals surface area contributed by atoms with Gasteiger partial charge in [0.25, 0.3) is 5.91 Å². The first-order chi connectivity index (χ1) is 15.5. The van der Waals surface area contributed by atoms with Gasteiger partial charge in [0.15, 0.2) is 12.0 Å². The molecule has 8 nitrogen and oxygen atoms in total. The predicted octanol–water partition coefficient (Wildman–Crippen LogP) is 2.72. The first-order valence-corrected chi connectivity index (χ1v) is 11.4. The summed E-state index contributed by atoms with van der Waals surface area (Å²) in [7, 11) is 1.61. The highest BCUT2D eigenvalue weighted by molar-refractivity contribution is 5.98. The number of amides is 2. The van der Waals surface area contributed by atoms with Gasteiger partial charge in [0.1, 0.15) is 18.4 Å². The van der Waals surface area contributed by atoms with Crippen LogP contribution < -0.4 is 10.1 Å². The molecule has 1 aliphatic heterocycles. The van der Waals surface area contributed by atoms with Crippen LogP contribution in [0.15, 0.2) is 30.0 Å². The monoisotopic (exact) mass is 446 g/mol. The molecule has 2 fully saturated rings. The van der Waals surface area contributed by atoms with E-state index in [9.17, 15) is 9.59 Å². The van der Waals surface area contributed by atoms with Crippen molar-refractivity contribution in [2.45, 2.75) is 58.0 Å². The van der Waals surface area contributed by atoms with Crippen LogP contribution in [-0.4, -0.2) is 68.6 Å². The smallest absolute Gasteiger partial charge is 0.289 e. The van der Waals surface area contributed by atoms with E-state index in [4.69, 9.17) is 18.9 Å². The molecule has 1 aliphatic carbocycles. The van der Waals surface area contributed by atoms with Crippen LogP contribution in [0.5, 0.6) is 5.75 Å². The molecule has 3 rings (SSSR count). The van der Waals surface area contributed by atoms with Gasteiger partial charge in [-0.1, -0.05) is 18.6 Å². The Hall–Kier alpha value is -2.58. The molecule has 0 spiro atoms. The van der Waals surface area contributed by atoms with Crippen LogP contribution in [0.1, 0.15) is 45.1 Å². The Morgan fingerprint density at radius 1 is 1.19 bits per heavy atom. The van der Waals surface area contributed by atoms with Crippen molar-refractivity contribution >= 4 is 17.9 Å². The number of fused-ring (bicyclic) bond motifs is 1. The number of carbonyl (C=O) groups is 2. The quantitative estimate of drug-likeness (QED) is 0.439. The van der Waals surface area contributed by atoms with E-state index < -0.39 is 6.29 Å². The fraction of sp³-hybridized carbons (Fsp3) is 0.583. The average Bonchev–Trinajstić information content (AvgIpc) is 2.81. The van der Waals surface area contributed by atoms with Gasteiger partial charge in [0.05, 0.1) is 19.7 Å². The number of methoxy groups -OCH3 is 1. The molecular formula is C24H34N2O6. The van der Waals surface area contributed by atoms with Gasteiger partial charge in [-0.05, 0) is 56.9 Å². The van der Waals surface area contributed by atoms with Gasteiger partial charge in [-0.2, -0.15) is 0 Å². The Morgan fingerprint density at radius 2 is 1.88 bits per heavy atom. The molecule has 0 bridgehead atoms. The third-order valence-electron chi connectivity index (χ3n) is 5.72. The summed E-state index contributed by atoms with van der Waals surface area (Å²) in [6.45, 7) is 4.95. The molecule has 1 N–H and O–H groups in total. The topological polar surface area (TPSA) is 86.3 Å². The summed E-state index contributed by atoms with van der Waals surface area (Å²) in [5, 5.41) is 2.84. The minimum Gasteiger partial charge on any atom is -0.497 e. The van der Waals surface area contributed by atoms with Crippen LogP contribution in [0.3, 0.4) is 0 Å². The van der Waals surface area contributed by atoms with Crippen LogP contribution in [-0.2, 0) is 23.8 Å². The highest BCUT2D eigenvalue weighted by Gasteiger charge is 2.42. The standard InChI is InChI=1S/C24H34N2O6/c1-4-30-23(31-5-2)15-25-22(27)16-26-19-8-6-7-9-20(19)32-21(24(26)28)14-17-10-12-18(29-3)13-11-17/h10-14,19-20,23H,4-9,15-16H2,1-3H3,(H,25,27)/b21-14+. The molecule has 1 saturated heterocycles. The lowest BCUT2D eigenvalue weighted by molar-refractivity contribution is -0.153. The number of carbonyl (C=O) groups excluding carboxylic acids is 2. The summed E-state index contributed by atoms with van der Waals surface area (Å²) < 4.78 is 22.2. The lowest BCUT2D eigenvalue weighted by Crippen LogP contribution is -2.57. The number of ether oxygens (including phenoxy) is 4. The second-order valence-electron chi connectivity index (χ2n) is 7.87. The van der Waals surface area contributed by atoms with Crippen molar-refractivity contribution in [1.82, 2.24) is 10.2 Å². The van der Waals surface area contributed by atoms with Crippen LogP contribution in [0.2, 0.25) is 0 Å². The Morgan fingerprint density at radius 3 is 2.53 bits per heavy atom. The highest BCUT2D eigenvalue weighted by atomic mass is 16.7. The number of hydrogen-bond donors (Lipinski definition) is 1. The van der Waals surface area contributed by atoms with Crippen molar-refractivity contribution in [1.29, 1.82) is 0 Å². The molecule has 1 aromatic carbocycles. The second kappa shape index (κ2) is 11.9. The molecule has 8 heteroatoms. The molecule has 1 aromatic rings. The molecule has 0 aromatic heterocycles. The predicted molar refractivity (Wildman–Crippen MR) is 120 cm³/mol. The molecule has 2 atom stereocenters. The first kappa shape index (κ1) is 24.1. The average molecular weight is 447 g/mol. The van der Waals surface area contributed by atoms with E-state index >= 15 is 0 Å². The summed E-state index contributed by atoms with van der Waals surface area (Å²) in [6.07, 6.45) is 4.91. The van der Waals surface area contributed by atoms with E-state index in [0.29, 0.717) is 13.2 Å². The van der Waals surface area contributed by atoms with Gasteiger partial charge in [-0.25, -0.2) is 0 Å². The van der Waals surface area contributed by atoms with E-state index in [1.165, 1.54) is 0 Å². The summed E-state index contributed by atoms with van der Waals surface area (Å²) >= 11 is 0. The normalized spacial score (nSPS) is 21.9. The number of hydrogen-bond acceptors (Lipinski definition) is 6. The van der Waals surface area contributed by atoms with E-state index in [1.807, 2.05) is 38.1 Å². The maximum atomic E-state index is 13.3. The van der Waals surface area contributed by atoms with E-state index in [2.05, 4.69) is 5.32 Å². The van der Waals surface area contributed by atoms with Crippen molar-refractivity contribution < 1.29 is 28.5 Å². The minimum absolute atomic E-state index is 0.0196. The fourth-order valence-electron chi connectivity index (χ4n) is 4.16. The largest absolute Gasteiger partial charge is 0.497 e. The van der Waals surface area contributed by atoms with Crippen molar-refractivity contribution in [2.24, 2.45) is 0 Å². The maximum absolute atomic E-state index is 13.3. The molecule has 2 amide bonds. The second-order valence-corrected chi connectivity index (χ2v) is 7.87. The highest BCUT2D eigenvalue weighted by Crippen LogP contribution is 2.33. The van der Waals surface area contributed by atoms with Crippen molar-refractivity contribution in [3.05, 3.63) is 35.6 Å². The third kappa shape index (κ3) is 6.23.